The second-order valence-corrected chi connectivity index (χ2v) is 7.92. The van der Waals surface area contributed by atoms with Crippen LogP contribution in [0.25, 0.3) is 0 Å². The molecule has 0 radical (unpaired) electrons. The average Bonchev–Trinajstić information content (AvgIpc) is 2.72. The molecule has 1 aliphatic heterocycles. The summed E-state index contributed by atoms with van der Waals surface area (Å²) in [6.45, 7) is 14.7. The Morgan fingerprint density at radius 2 is 1.72 bits per heavy atom. The van der Waals surface area contributed by atoms with E-state index in [1.165, 1.54) is 7.11 Å². The number of likely N-dealkylation sites (tertiary alicyclic amines) is 1. The Morgan fingerprint density at radius 1 is 1.17 bits per heavy atom. The third-order valence-electron chi connectivity index (χ3n) is 4.56. The number of hydrogen-bond acceptors (Lipinski definition) is 3. The molecule has 0 N–H and O–H groups in total. The minimum absolute atomic E-state index is 0.00666. The van der Waals surface area contributed by atoms with Crippen LogP contribution in [-0.2, 0) is 9.53 Å². The maximum absolute atomic E-state index is 11.8. The first kappa shape index (κ1) is 13.9. The summed E-state index contributed by atoms with van der Waals surface area (Å²) in [4.78, 5) is 14.4. The van der Waals surface area contributed by atoms with E-state index < -0.39 is 0 Å². The number of hydrogen-bond donors (Lipinski definition) is 0. The van der Waals surface area contributed by atoms with E-state index in [4.69, 9.17) is 4.74 Å². The van der Waals surface area contributed by atoms with Gasteiger partial charge in [0.05, 0.1) is 13.0 Å². The molecule has 2 fully saturated rings. The lowest BCUT2D eigenvalue weighted by atomic mass is 9.81. The predicted molar refractivity (Wildman–Crippen MR) is 72.2 cm³/mol. The number of carbonyl (C=O) groups is 1. The molecular weight excluding hydrogens is 226 g/mol. The SMILES string of the molecule is COC(=O)C1[C@H]2C(C(C)(C)C)N(C(C)(C)C)C[C@@H]12. The zero-order valence-corrected chi connectivity index (χ0v) is 12.8. The van der Waals surface area contributed by atoms with Crippen molar-refractivity contribution in [2.24, 2.45) is 23.2 Å². The van der Waals surface area contributed by atoms with Gasteiger partial charge in [0.2, 0.25) is 0 Å². The topological polar surface area (TPSA) is 29.5 Å². The quantitative estimate of drug-likeness (QED) is 0.673. The number of esters is 1. The monoisotopic (exact) mass is 253 g/mol. The second kappa shape index (κ2) is 3.96. The first-order valence-electron chi connectivity index (χ1n) is 6.93. The summed E-state index contributed by atoms with van der Waals surface area (Å²) >= 11 is 0. The van der Waals surface area contributed by atoms with Gasteiger partial charge in [0.15, 0.2) is 0 Å². The van der Waals surface area contributed by atoms with E-state index in [0.29, 0.717) is 17.9 Å². The minimum Gasteiger partial charge on any atom is -0.469 e. The predicted octanol–water partition coefficient (Wildman–Crippen LogP) is 2.55. The fourth-order valence-electron chi connectivity index (χ4n) is 3.82. The van der Waals surface area contributed by atoms with Crippen LogP contribution in [0.15, 0.2) is 0 Å². The molecule has 0 amide bonds. The molecule has 2 unspecified atom stereocenters. The van der Waals surface area contributed by atoms with Crippen LogP contribution in [0.3, 0.4) is 0 Å². The molecule has 1 saturated carbocycles. The molecule has 1 saturated heterocycles. The van der Waals surface area contributed by atoms with E-state index in [9.17, 15) is 4.79 Å². The van der Waals surface area contributed by atoms with Gasteiger partial charge in [0.25, 0.3) is 0 Å². The van der Waals surface area contributed by atoms with E-state index in [1.54, 1.807) is 0 Å². The number of ether oxygens (including phenoxy) is 1. The van der Waals surface area contributed by atoms with Crippen LogP contribution in [0.2, 0.25) is 0 Å². The molecule has 0 aromatic heterocycles. The molecule has 0 aromatic rings. The summed E-state index contributed by atoms with van der Waals surface area (Å²) < 4.78 is 4.93. The van der Waals surface area contributed by atoms with Crippen LogP contribution in [0.4, 0.5) is 0 Å². The highest BCUT2D eigenvalue weighted by molar-refractivity contribution is 5.77. The zero-order chi connectivity index (χ0) is 13.9. The average molecular weight is 253 g/mol. The summed E-state index contributed by atoms with van der Waals surface area (Å²) in [5.41, 5.74) is 0.376. The van der Waals surface area contributed by atoms with Crippen LogP contribution in [0.5, 0.6) is 0 Å². The third kappa shape index (κ3) is 2.07. The Hall–Kier alpha value is -0.570. The van der Waals surface area contributed by atoms with Crippen molar-refractivity contribution in [2.45, 2.75) is 53.1 Å². The van der Waals surface area contributed by atoms with Crippen molar-refractivity contribution < 1.29 is 9.53 Å². The zero-order valence-electron chi connectivity index (χ0n) is 12.8. The summed E-state index contributed by atoms with van der Waals surface area (Å²) in [6, 6.07) is 0.478. The Labute approximate surface area is 111 Å². The standard InChI is InChI=1S/C15H27NO2/c1-14(2,3)12-10-9(11(10)13(17)18-7)8-16(12)15(4,5)6/h9-12H,8H2,1-7H3/t9-,10+,11?,12?/m1/s1. The smallest absolute Gasteiger partial charge is 0.309 e. The van der Waals surface area contributed by atoms with Gasteiger partial charge in [-0.2, -0.15) is 0 Å². The van der Waals surface area contributed by atoms with Crippen molar-refractivity contribution >= 4 is 5.97 Å². The molecule has 0 spiro atoms. The summed E-state index contributed by atoms with van der Waals surface area (Å²) in [6.07, 6.45) is 0. The van der Waals surface area contributed by atoms with Crippen molar-refractivity contribution in [3.63, 3.8) is 0 Å². The van der Waals surface area contributed by atoms with E-state index in [0.717, 1.165) is 6.54 Å². The summed E-state index contributed by atoms with van der Waals surface area (Å²) in [7, 11) is 1.50. The number of carbonyl (C=O) groups excluding carboxylic acids is 1. The molecule has 2 rings (SSSR count). The van der Waals surface area contributed by atoms with Gasteiger partial charge in [0, 0.05) is 18.1 Å². The van der Waals surface area contributed by atoms with Gasteiger partial charge >= 0.3 is 5.97 Å². The number of rotatable bonds is 1. The number of nitrogens with zero attached hydrogens (tertiary/aromatic N) is 1. The van der Waals surface area contributed by atoms with Crippen molar-refractivity contribution in [2.75, 3.05) is 13.7 Å². The highest BCUT2D eigenvalue weighted by atomic mass is 16.5. The van der Waals surface area contributed by atoms with Crippen LogP contribution in [0, 0.1) is 23.2 Å². The maximum Gasteiger partial charge on any atom is 0.309 e. The van der Waals surface area contributed by atoms with Crippen molar-refractivity contribution in [3.05, 3.63) is 0 Å². The molecule has 3 heteroatoms. The van der Waals surface area contributed by atoms with E-state index in [-0.39, 0.29) is 22.8 Å². The van der Waals surface area contributed by atoms with Gasteiger partial charge in [0.1, 0.15) is 0 Å². The van der Waals surface area contributed by atoms with E-state index in [1.807, 2.05) is 0 Å². The third-order valence-corrected chi connectivity index (χ3v) is 4.56. The number of piperidine rings is 1. The summed E-state index contributed by atoms with van der Waals surface area (Å²) in [5.74, 6) is 1.16. The molecule has 2 aliphatic rings. The Balaban J connectivity index is 2.21. The lowest BCUT2D eigenvalue weighted by Crippen LogP contribution is -2.52. The Kier molecular flexibility index (Phi) is 3.05. The molecule has 1 aliphatic carbocycles. The molecule has 4 atom stereocenters. The van der Waals surface area contributed by atoms with Gasteiger partial charge in [-0.3, -0.25) is 9.69 Å². The number of fused-ring (bicyclic) bond motifs is 1. The summed E-state index contributed by atoms with van der Waals surface area (Å²) in [5, 5.41) is 0. The minimum atomic E-state index is -0.00666. The molecule has 18 heavy (non-hydrogen) atoms. The van der Waals surface area contributed by atoms with Crippen LogP contribution >= 0.6 is 0 Å². The molecule has 0 bridgehead atoms. The van der Waals surface area contributed by atoms with Crippen molar-refractivity contribution in [1.29, 1.82) is 0 Å². The van der Waals surface area contributed by atoms with Gasteiger partial charge in [-0.1, -0.05) is 20.8 Å². The molecular formula is C15H27NO2. The van der Waals surface area contributed by atoms with Crippen molar-refractivity contribution in [1.82, 2.24) is 4.90 Å². The van der Waals surface area contributed by atoms with Gasteiger partial charge in [-0.05, 0) is 38.0 Å². The van der Waals surface area contributed by atoms with Crippen LogP contribution in [0.1, 0.15) is 41.5 Å². The second-order valence-electron chi connectivity index (χ2n) is 7.92. The fraction of sp³-hybridized carbons (Fsp3) is 0.933. The van der Waals surface area contributed by atoms with Crippen LogP contribution < -0.4 is 0 Å². The first-order valence-corrected chi connectivity index (χ1v) is 6.93. The Morgan fingerprint density at radius 3 is 2.11 bits per heavy atom. The van der Waals surface area contributed by atoms with Gasteiger partial charge < -0.3 is 4.74 Å². The normalized spacial score (nSPS) is 36.4. The highest BCUT2D eigenvalue weighted by Crippen LogP contribution is 2.60. The lowest BCUT2D eigenvalue weighted by Gasteiger charge is -2.45. The fourth-order valence-corrected chi connectivity index (χ4v) is 3.82. The molecule has 104 valence electrons. The molecule has 1 heterocycles. The first-order chi connectivity index (χ1) is 8.09. The largest absolute Gasteiger partial charge is 0.469 e. The van der Waals surface area contributed by atoms with Crippen LogP contribution in [-0.4, -0.2) is 36.1 Å². The van der Waals surface area contributed by atoms with E-state index >= 15 is 0 Å². The van der Waals surface area contributed by atoms with Gasteiger partial charge in [-0.15, -0.1) is 0 Å². The Bertz CT molecular complexity index is 350. The maximum atomic E-state index is 11.8. The lowest BCUT2D eigenvalue weighted by molar-refractivity contribution is -0.144. The number of methoxy groups -OCH3 is 1. The van der Waals surface area contributed by atoms with Gasteiger partial charge in [-0.25, -0.2) is 0 Å². The molecule has 0 aromatic carbocycles. The highest BCUT2D eigenvalue weighted by Gasteiger charge is 2.67. The van der Waals surface area contributed by atoms with E-state index in [2.05, 4.69) is 46.4 Å². The van der Waals surface area contributed by atoms with Crippen molar-refractivity contribution in [3.8, 4) is 0 Å². The molecule has 3 nitrogen and oxygen atoms in total.